The average Bonchev–Trinajstić information content (AvgIpc) is 3.44. The molecular weight excluding hydrogens is 756 g/mol. The van der Waals surface area contributed by atoms with E-state index in [2.05, 4.69) is 15.0 Å². The summed E-state index contributed by atoms with van der Waals surface area (Å²) in [5.74, 6) is -3.59. The third-order valence-electron chi connectivity index (χ3n) is 6.81. The summed E-state index contributed by atoms with van der Waals surface area (Å²) in [7, 11) is -3.85. The first-order valence-corrected chi connectivity index (χ1v) is 15.9. The summed E-state index contributed by atoms with van der Waals surface area (Å²) in [5, 5.41) is 29.1. The Balaban J connectivity index is 0.00000345. The van der Waals surface area contributed by atoms with Crippen molar-refractivity contribution in [1.82, 2.24) is 14.9 Å². The summed E-state index contributed by atoms with van der Waals surface area (Å²) in [6.45, 7) is 3.89. The van der Waals surface area contributed by atoms with Crippen molar-refractivity contribution in [3.8, 4) is 0 Å². The van der Waals surface area contributed by atoms with Crippen molar-refractivity contribution in [2.75, 3.05) is 13.1 Å². The Morgan fingerprint density at radius 3 is 2.40 bits per heavy atom. The second-order valence-corrected chi connectivity index (χ2v) is 12.1. The fraction of sp³-hybridized carbons (Fsp3) is 0.520. The van der Waals surface area contributed by atoms with Crippen molar-refractivity contribution >= 4 is 68.1 Å². The molecule has 0 aromatic heterocycles. The number of nitro benzene ring substituents is 1. The number of carbonyl (C=O) groups is 3. The van der Waals surface area contributed by atoms with Gasteiger partial charge in [-0.2, -0.15) is 8.42 Å². The molecule has 0 spiro atoms. The molecule has 43 heavy (non-hydrogen) atoms. The quantitative estimate of drug-likeness (QED) is 0.0541. The number of nitrogens with zero attached hydrogens (tertiary/aromatic N) is 2. The number of aliphatic hydroxyl groups excluding tert-OH is 1. The molecule has 1 aromatic carbocycles. The van der Waals surface area contributed by atoms with Crippen molar-refractivity contribution in [3.05, 3.63) is 55.5 Å². The Kier molecular flexibility index (Phi) is 16.6. The minimum absolute atomic E-state index is 0. The molecule has 3 heterocycles. The van der Waals surface area contributed by atoms with Gasteiger partial charge in [0.25, 0.3) is 15.9 Å². The van der Waals surface area contributed by atoms with Gasteiger partial charge in [-0.1, -0.05) is 21.8 Å². The second kappa shape index (κ2) is 17.2. The average molecular weight is 794 g/mol. The van der Waals surface area contributed by atoms with Crippen LogP contribution in [-0.4, -0.2) is 77.7 Å². The molecule has 1 aromatic rings. The van der Waals surface area contributed by atoms with Gasteiger partial charge in [-0.05, 0) is 25.5 Å². The van der Waals surface area contributed by atoms with Gasteiger partial charge in [0.1, 0.15) is 5.70 Å². The Morgan fingerprint density at radius 1 is 1.30 bits per heavy atom. The number of ether oxygens (including phenoxy) is 1. The molecule has 1 amide bonds. The summed E-state index contributed by atoms with van der Waals surface area (Å²) in [4.78, 5) is 54.0. The predicted molar refractivity (Wildman–Crippen MR) is 167 cm³/mol. The van der Waals surface area contributed by atoms with Crippen LogP contribution in [0.1, 0.15) is 45.5 Å². The molecule has 0 bridgehead atoms. The van der Waals surface area contributed by atoms with Crippen molar-refractivity contribution < 1.29 is 56.1 Å². The van der Waals surface area contributed by atoms with Crippen LogP contribution in [0.15, 0.2) is 34.9 Å². The number of carbonyl (C=O) groups excluding carboxylic acids is 3. The first-order valence-electron chi connectivity index (χ1n) is 12.0. The van der Waals surface area contributed by atoms with Crippen LogP contribution in [0.2, 0.25) is 0 Å². The number of esters is 2. The van der Waals surface area contributed by atoms with Crippen LogP contribution in [-0.2, 0) is 43.1 Å². The van der Waals surface area contributed by atoms with Crippen LogP contribution in [0.25, 0.3) is 0 Å². The van der Waals surface area contributed by atoms with Crippen LogP contribution in [0, 0.1) is 26.9 Å². The van der Waals surface area contributed by atoms with Gasteiger partial charge in [0.15, 0.2) is 0 Å². The summed E-state index contributed by atoms with van der Waals surface area (Å²) in [5.41, 5.74) is -0.390. The second-order valence-electron chi connectivity index (χ2n) is 9.42. The van der Waals surface area contributed by atoms with Gasteiger partial charge < -0.3 is 42.7 Å². The summed E-state index contributed by atoms with van der Waals surface area (Å²) < 4.78 is 29.7. The fourth-order valence-electron chi connectivity index (χ4n) is 5.00. The summed E-state index contributed by atoms with van der Waals surface area (Å²) in [6.07, 6.45) is -0.414. The molecule has 2 saturated heterocycles. The number of rotatable bonds is 9. The standard InChI is InChI=1S/C22H27N5O9S2.CH2I.2CH4.V/c1-10-17-16(11(2)28)20(29)26(17)18(19(10)37-15-7-13(24-9-15)8-25-38(23,34)35)22(31)36-21(30)12-3-5-14(6-4-12)27(32)33;1-2;;;/h3-6,10-11,13,15-17,24-25,28H,7-9H2,1-2H3,(H2,23,34,35);1H2;2*1H4;/q;-1;;;/t10-,11-,13+,15+,16-,17-;;;;/m1..../s1. The largest absolute Gasteiger partial charge is 0.393 e. The zero-order valence-electron chi connectivity index (χ0n) is 21.9. The molecule has 241 valence electrons. The normalized spacial score (nSPS) is 24.6. The topological polar surface area (TPSA) is 211 Å². The van der Waals surface area contributed by atoms with E-state index in [0.29, 0.717) is 17.9 Å². The van der Waals surface area contributed by atoms with Gasteiger partial charge in [0.2, 0.25) is 5.91 Å². The van der Waals surface area contributed by atoms with Gasteiger partial charge in [-0.25, -0.2) is 19.5 Å². The molecule has 5 N–H and O–H groups in total. The number of non-ortho nitro benzene ring substituents is 1. The zero-order valence-corrected chi connectivity index (χ0v) is 27.1. The van der Waals surface area contributed by atoms with E-state index in [1.165, 1.54) is 23.6 Å². The molecule has 18 heteroatoms. The molecule has 0 unspecified atom stereocenters. The van der Waals surface area contributed by atoms with E-state index in [0.717, 1.165) is 24.3 Å². The molecule has 0 saturated carbocycles. The van der Waals surface area contributed by atoms with E-state index in [1.807, 2.05) is 29.5 Å². The van der Waals surface area contributed by atoms with Crippen molar-refractivity contribution in [1.29, 1.82) is 0 Å². The van der Waals surface area contributed by atoms with E-state index in [1.54, 1.807) is 0 Å². The number of amides is 1. The number of halogens is 1. The molecule has 1 radical (unpaired) electrons. The number of nitrogens with two attached hydrogens (primary N) is 1. The van der Waals surface area contributed by atoms with E-state index in [-0.39, 0.29) is 74.1 Å². The van der Waals surface area contributed by atoms with Crippen LogP contribution < -0.4 is 15.2 Å². The molecule has 6 atom stereocenters. The van der Waals surface area contributed by atoms with Crippen LogP contribution in [0.5, 0.6) is 0 Å². The Morgan fingerprint density at radius 2 is 1.88 bits per heavy atom. The monoisotopic (exact) mass is 793 g/mol. The molecule has 14 nitrogen and oxygen atoms in total. The maximum atomic E-state index is 13.2. The summed E-state index contributed by atoms with van der Waals surface area (Å²) >= 11 is 3.23. The van der Waals surface area contributed by atoms with Crippen LogP contribution in [0.4, 0.5) is 5.69 Å². The van der Waals surface area contributed by atoms with E-state index >= 15 is 0 Å². The molecular formula is C25H37IN5O9S2V-. The van der Waals surface area contributed by atoms with E-state index < -0.39 is 51.0 Å². The number of hydrogen-bond donors (Lipinski definition) is 4. The van der Waals surface area contributed by atoms with E-state index in [4.69, 9.17) is 9.88 Å². The van der Waals surface area contributed by atoms with Gasteiger partial charge >= 0.3 is 11.9 Å². The number of nitro groups is 1. The number of β-lactam (4-membered cyclic amide) rings is 1. The molecule has 4 rings (SSSR count). The minimum atomic E-state index is -3.85. The van der Waals surface area contributed by atoms with Crippen LogP contribution >= 0.6 is 34.4 Å². The predicted octanol–water partition coefficient (Wildman–Crippen LogP) is 2.09. The molecule has 3 aliphatic heterocycles. The number of thioether (sulfide) groups is 1. The number of hydrogen-bond acceptors (Lipinski definition) is 11. The molecule has 3 aliphatic rings. The number of fused-ring (bicyclic) bond motifs is 1. The number of aliphatic hydroxyl groups is 1. The first-order chi connectivity index (χ1) is 18.8. The number of benzene rings is 1. The fourth-order valence-corrected chi connectivity index (χ4v) is 6.95. The minimum Gasteiger partial charge on any atom is -0.393 e. The Labute approximate surface area is 281 Å². The van der Waals surface area contributed by atoms with Crippen LogP contribution in [0.3, 0.4) is 0 Å². The molecule has 0 aliphatic carbocycles. The smallest absolute Gasteiger partial charge is 0.363 e. The van der Waals surface area contributed by atoms with Gasteiger partial charge in [-0.15, -0.1) is 11.8 Å². The van der Waals surface area contributed by atoms with Gasteiger partial charge in [0, 0.05) is 65.9 Å². The van der Waals surface area contributed by atoms with Crippen molar-refractivity contribution in [3.63, 3.8) is 0 Å². The Hall–Kier alpha value is -1.58. The maximum Gasteiger partial charge on any atom is 0.363 e. The number of nitrogens with one attached hydrogen (secondary N) is 2. The zero-order chi connectivity index (χ0) is 29.9. The third kappa shape index (κ3) is 9.46. The Bertz CT molecular complexity index is 1310. The maximum absolute atomic E-state index is 13.2. The van der Waals surface area contributed by atoms with Crippen molar-refractivity contribution in [2.24, 2.45) is 17.0 Å². The first kappa shape index (κ1) is 41.4. The van der Waals surface area contributed by atoms with Gasteiger partial charge in [0.05, 0.1) is 28.6 Å². The van der Waals surface area contributed by atoms with E-state index in [9.17, 15) is 38.0 Å². The van der Waals surface area contributed by atoms with Gasteiger partial charge in [-0.3, -0.25) is 19.8 Å². The van der Waals surface area contributed by atoms with Crippen molar-refractivity contribution in [2.45, 2.75) is 58.6 Å². The molecule has 2 fully saturated rings. The SMILES string of the molecule is C.C.C[C@@H](O)[C@H]1C(=O)N2C(C(=O)OC(=O)c3ccc([N+](=O)[O-])cc3)=C(S[C@@H]3CN[C@H](CNS(N)(=O)=O)C3)[C@H](C)[C@H]12.[CH2-]I.[V]. The summed E-state index contributed by atoms with van der Waals surface area (Å²) in [6, 6.07) is 3.85. The third-order valence-corrected chi connectivity index (χ3v) is 8.89.